The Balaban J connectivity index is 1.31. The van der Waals surface area contributed by atoms with Crippen LogP contribution in [0, 0.1) is 11.6 Å². The van der Waals surface area contributed by atoms with Gasteiger partial charge in [-0.05, 0) is 47.9 Å². The molecule has 13 heteroatoms. The van der Waals surface area contributed by atoms with Crippen LogP contribution in [0.1, 0.15) is 34.1 Å². The molecule has 3 heterocycles. The standard InChI is InChI=1S/C27H30F5N5O3/c28-21-3-1-19(2-4-21)25-26(39-9-5-18-13-20(27(30,31)32)15-22(29)14-18)40-12-8-37(25)17-24-23(33-35-34-24)16-36-6-10-38-11-7-36/h1-4,13-15,25-26H,5-12,16-17H2,(H,33,34,35). The number of benzene rings is 2. The molecule has 1 aromatic heterocycles. The van der Waals surface area contributed by atoms with E-state index in [0.29, 0.717) is 45.5 Å². The zero-order valence-corrected chi connectivity index (χ0v) is 21.7. The number of alkyl halides is 3. The summed E-state index contributed by atoms with van der Waals surface area (Å²) in [5.41, 5.74) is 1.50. The molecule has 8 nitrogen and oxygen atoms in total. The van der Waals surface area contributed by atoms with Gasteiger partial charge in [-0.3, -0.25) is 14.9 Å². The number of H-pyrrole nitrogens is 1. The first-order valence-corrected chi connectivity index (χ1v) is 13.0. The van der Waals surface area contributed by atoms with Crippen LogP contribution in [0.15, 0.2) is 42.5 Å². The smallest absolute Gasteiger partial charge is 0.379 e. The van der Waals surface area contributed by atoms with Gasteiger partial charge in [0.05, 0.1) is 43.7 Å². The maximum Gasteiger partial charge on any atom is 0.416 e. The molecule has 0 aliphatic carbocycles. The van der Waals surface area contributed by atoms with Gasteiger partial charge >= 0.3 is 6.18 Å². The van der Waals surface area contributed by atoms with E-state index >= 15 is 0 Å². The highest BCUT2D eigenvalue weighted by Crippen LogP contribution is 2.33. The van der Waals surface area contributed by atoms with E-state index < -0.39 is 29.9 Å². The first-order chi connectivity index (χ1) is 19.3. The van der Waals surface area contributed by atoms with Crippen LogP contribution >= 0.6 is 0 Å². The van der Waals surface area contributed by atoms with Crippen LogP contribution in [-0.2, 0) is 39.9 Å². The molecule has 0 amide bonds. The number of halogens is 5. The number of rotatable bonds is 9. The van der Waals surface area contributed by atoms with Crippen LogP contribution < -0.4 is 0 Å². The van der Waals surface area contributed by atoms with Gasteiger partial charge in [-0.25, -0.2) is 8.78 Å². The van der Waals surface area contributed by atoms with Crippen molar-refractivity contribution in [1.82, 2.24) is 25.2 Å². The van der Waals surface area contributed by atoms with E-state index in [1.54, 1.807) is 12.1 Å². The fourth-order valence-electron chi connectivity index (χ4n) is 4.98. The maximum atomic E-state index is 13.8. The zero-order chi connectivity index (χ0) is 28.1. The first kappa shape index (κ1) is 28.6. The Bertz CT molecular complexity index is 1250. The van der Waals surface area contributed by atoms with Crippen molar-refractivity contribution < 1.29 is 36.2 Å². The number of aromatic amines is 1. The van der Waals surface area contributed by atoms with Crippen molar-refractivity contribution in [3.63, 3.8) is 0 Å². The number of hydrogen-bond donors (Lipinski definition) is 1. The van der Waals surface area contributed by atoms with Crippen molar-refractivity contribution in [2.24, 2.45) is 0 Å². The Kier molecular flexibility index (Phi) is 9.06. The lowest BCUT2D eigenvalue weighted by atomic mass is 10.0. The Morgan fingerprint density at radius 2 is 1.73 bits per heavy atom. The van der Waals surface area contributed by atoms with Gasteiger partial charge in [-0.2, -0.15) is 13.2 Å². The molecule has 0 spiro atoms. The zero-order valence-electron chi connectivity index (χ0n) is 21.7. The van der Waals surface area contributed by atoms with Crippen LogP contribution in [0.5, 0.6) is 0 Å². The van der Waals surface area contributed by atoms with Crippen molar-refractivity contribution in [3.05, 3.63) is 82.2 Å². The van der Waals surface area contributed by atoms with Crippen molar-refractivity contribution in [1.29, 1.82) is 0 Å². The third-order valence-corrected chi connectivity index (χ3v) is 7.02. The Hall–Kier alpha value is -2.97. The number of aromatic nitrogens is 3. The number of hydrogen-bond acceptors (Lipinski definition) is 7. The second kappa shape index (κ2) is 12.7. The minimum absolute atomic E-state index is 0.0107. The second-order valence-electron chi connectivity index (χ2n) is 9.80. The molecular weight excluding hydrogens is 537 g/mol. The molecular formula is C27H30F5N5O3. The Morgan fingerprint density at radius 1 is 0.950 bits per heavy atom. The van der Waals surface area contributed by atoms with E-state index in [1.807, 2.05) is 0 Å². The lowest BCUT2D eigenvalue weighted by Gasteiger charge is -2.41. The molecule has 0 bridgehead atoms. The largest absolute Gasteiger partial charge is 0.416 e. The van der Waals surface area contributed by atoms with Crippen molar-refractivity contribution >= 4 is 0 Å². The fourth-order valence-corrected chi connectivity index (χ4v) is 4.98. The predicted molar refractivity (Wildman–Crippen MR) is 133 cm³/mol. The van der Waals surface area contributed by atoms with Crippen LogP contribution in [0.4, 0.5) is 22.0 Å². The third kappa shape index (κ3) is 7.21. The van der Waals surface area contributed by atoms with Crippen LogP contribution in [0.3, 0.4) is 0 Å². The second-order valence-corrected chi connectivity index (χ2v) is 9.80. The summed E-state index contributed by atoms with van der Waals surface area (Å²) in [5.74, 6) is -1.35. The molecule has 0 saturated carbocycles. The topological polar surface area (TPSA) is 75.7 Å². The molecule has 3 aromatic rings. The SMILES string of the molecule is Fc1ccc(C2C(OCCc3cc(F)cc(C(F)(F)F)c3)OCCN2Cc2nn[nH]c2CN2CCOCC2)cc1. The van der Waals surface area contributed by atoms with Gasteiger partial charge in [-0.15, -0.1) is 5.10 Å². The molecule has 2 saturated heterocycles. The molecule has 1 N–H and O–H groups in total. The number of nitrogens with zero attached hydrogens (tertiary/aromatic N) is 4. The minimum atomic E-state index is -4.65. The Labute approximate surface area is 228 Å². The van der Waals surface area contributed by atoms with Gasteiger partial charge in [0, 0.05) is 32.7 Å². The van der Waals surface area contributed by atoms with Gasteiger partial charge in [0.2, 0.25) is 0 Å². The molecule has 0 radical (unpaired) electrons. The maximum absolute atomic E-state index is 13.8. The van der Waals surface area contributed by atoms with E-state index in [2.05, 4.69) is 25.2 Å². The van der Waals surface area contributed by atoms with Crippen LogP contribution in [0.2, 0.25) is 0 Å². The van der Waals surface area contributed by atoms with Gasteiger partial charge in [-0.1, -0.05) is 17.3 Å². The number of ether oxygens (including phenoxy) is 3. The number of morpholine rings is 2. The van der Waals surface area contributed by atoms with Gasteiger partial charge in [0.25, 0.3) is 0 Å². The van der Waals surface area contributed by atoms with Gasteiger partial charge < -0.3 is 14.2 Å². The third-order valence-electron chi connectivity index (χ3n) is 7.02. The average Bonchev–Trinajstić information content (AvgIpc) is 3.35. The van der Waals surface area contributed by atoms with Gasteiger partial charge in [0.1, 0.15) is 17.3 Å². The van der Waals surface area contributed by atoms with Crippen molar-refractivity contribution in [3.8, 4) is 0 Å². The predicted octanol–water partition coefficient (Wildman–Crippen LogP) is 4.09. The summed E-state index contributed by atoms with van der Waals surface area (Å²) in [6.45, 7) is 4.86. The lowest BCUT2D eigenvalue weighted by molar-refractivity contribution is -0.212. The minimum Gasteiger partial charge on any atom is -0.379 e. The summed E-state index contributed by atoms with van der Waals surface area (Å²) in [6.07, 6.45) is -5.41. The molecule has 5 rings (SSSR count). The molecule has 2 atom stereocenters. The lowest BCUT2D eigenvalue weighted by Crippen LogP contribution is -2.46. The average molecular weight is 568 g/mol. The summed E-state index contributed by atoms with van der Waals surface area (Å²) < 4.78 is 84.3. The van der Waals surface area contributed by atoms with Crippen LogP contribution in [0.25, 0.3) is 0 Å². The monoisotopic (exact) mass is 567 g/mol. The molecule has 2 aliphatic rings. The highest BCUT2D eigenvalue weighted by atomic mass is 19.4. The van der Waals surface area contributed by atoms with Crippen molar-refractivity contribution in [2.75, 3.05) is 46.1 Å². The summed E-state index contributed by atoms with van der Waals surface area (Å²) in [7, 11) is 0. The van der Waals surface area contributed by atoms with E-state index in [9.17, 15) is 22.0 Å². The first-order valence-electron chi connectivity index (χ1n) is 13.0. The number of nitrogens with one attached hydrogen (secondary N) is 1. The summed E-state index contributed by atoms with van der Waals surface area (Å²) in [4.78, 5) is 4.35. The summed E-state index contributed by atoms with van der Waals surface area (Å²) in [5, 5.41) is 11.3. The summed E-state index contributed by atoms with van der Waals surface area (Å²) >= 11 is 0. The van der Waals surface area contributed by atoms with Crippen LogP contribution in [-0.4, -0.2) is 77.6 Å². The molecule has 2 unspecified atom stereocenters. The Morgan fingerprint density at radius 3 is 2.48 bits per heavy atom. The van der Waals surface area contributed by atoms with E-state index in [4.69, 9.17) is 14.2 Å². The molecule has 40 heavy (non-hydrogen) atoms. The molecule has 2 aromatic carbocycles. The van der Waals surface area contributed by atoms with Gasteiger partial charge in [0.15, 0.2) is 6.29 Å². The molecule has 2 fully saturated rings. The quantitative estimate of drug-likeness (QED) is 0.391. The molecule has 2 aliphatic heterocycles. The normalized spacial score (nSPS) is 21.1. The highest BCUT2D eigenvalue weighted by Gasteiger charge is 2.36. The summed E-state index contributed by atoms with van der Waals surface area (Å²) in [6, 6.07) is 7.99. The highest BCUT2D eigenvalue weighted by molar-refractivity contribution is 5.27. The van der Waals surface area contributed by atoms with E-state index in [0.717, 1.165) is 42.2 Å². The fraction of sp³-hybridized carbons (Fsp3) is 0.481. The van der Waals surface area contributed by atoms with Crippen molar-refractivity contribution in [2.45, 2.75) is 38.0 Å². The molecule has 216 valence electrons. The van der Waals surface area contributed by atoms with E-state index in [1.165, 1.54) is 12.1 Å². The van der Waals surface area contributed by atoms with E-state index in [-0.39, 0.29) is 24.4 Å².